The molecule has 5 heterocycles. The molecule has 63 heavy (non-hydrogen) atoms. The predicted octanol–water partition coefficient (Wildman–Crippen LogP) is 11.6. The maximum atomic E-state index is 12.7. The minimum atomic E-state index is -0.164. The van der Waals surface area contributed by atoms with Crippen molar-refractivity contribution in [3.63, 3.8) is 0 Å². The third kappa shape index (κ3) is 10.1. The van der Waals surface area contributed by atoms with Crippen LogP contribution in [-0.2, 0) is 13.1 Å². The summed E-state index contributed by atoms with van der Waals surface area (Å²) in [5.74, 6) is 2.28. The van der Waals surface area contributed by atoms with Gasteiger partial charge in [0.1, 0.15) is 28.6 Å². The summed E-state index contributed by atoms with van der Waals surface area (Å²) in [4.78, 5) is 42.7. The van der Waals surface area contributed by atoms with Crippen molar-refractivity contribution >= 4 is 50.2 Å². The van der Waals surface area contributed by atoms with E-state index in [-0.39, 0.29) is 14.7 Å². The van der Waals surface area contributed by atoms with Gasteiger partial charge in [-0.3, -0.25) is 24.5 Å². The zero-order valence-electron chi connectivity index (χ0n) is 34.7. The van der Waals surface area contributed by atoms with Crippen LogP contribution in [-0.4, -0.2) is 36.2 Å². The van der Waals surface area contributed by atoms with Crippen molar-refractivity contribution in [2.45, 2.75) is 26.9 Å². The molecule has 0 bridgehead atoms. The first-order chi connectivity index (χ1) is 31.0. The SMILES string of the molecule is CC.O=C(NCc1ccc2ncccc2c1)c1cccc(Oc2ccnc3ccccc23)c1.O=C(NCc1ccn2ccnc2c1)c1cccc(Oc2ccnc3ccccc23)c1.[HH].[HH]. The molecule has 0 unspecified atom stereocenters. The van der Waals surface area contributed by atoms with Crippen molar-refractivity contribution in [1.82, 2.24) is 35.0 Å². The van der Waals surface area contributed by atoms with E-state index in [9.17, 15) is 9.59 Å². The minimum Gasteiger partial charge on any atom is -0.457 e. The lowest BCUT2D eigenvalue weighted by Crippen LogP contribution is -2.22. The van der Waals surface area contributed by atoms with E-state index < -0.39 is 0 Å². The molecule has 11 heteroatoms. The molecule has 0 aliphatic carbocycles. The Morgan fingerprint density at radius 2 is 1.08 bits per heavy atom. The van der Waals surface area contributed by atoms with Gasteiger partial charge in [-0.25, -0.2) is 4.98 Å². The third-order valence-electron chi connectivity index (χ3n) is 9.90. The molecule has 0 aliphatic rings. The normalized spacial score (nSPS) is 10.6. The molecule has 11 nitrogen and oxygen atoms in total. The molecule has 2 N–H and O–H groups in total. The second-order valence-corrected chi connectivity index (χ2v) is 14.0. The molecule has 10 rings (SSSR count). The van der Waals surface area contributed by atoms with E-state index in [1.54, 1.807) is 49.1 Å². The number of carbonyl (C=O) groups is 2. The molecule has 0 saturated heterocycles. The Hall–Kier alpha value is -8.44. The van der Waals surface area contributed by atoms with Crippen LogP contribution in [0.5, 0.6) is 23.0 Å². The van der Waals surface area contributed by atoms with Crippen molar-refractivity contribution in [2.24, 2.45) is 0 Å². The molecule has 0 saturated carbocycles. The number of benzene rings is 5. The van der Waals surface area contributed by atoms with Gasteiger partial charge in [0.05, 0.1) is 16.6 Å². The number of hydrogen-bond donors (Lipinski definition) is 2. The number of rotatable bonds is 10. The van der Waals surface area contributed by atoms with E-state index in [1.807, 2.05) is 158 Å². The Balaban J connectivity index is 0.000000202. The number of nitrogens with zero attached hydrogens (tertiary/aromatic N) is 5. The molecule has 0 fully saturated rings. The highest BCUT2D eigenvalue weighted by atomic mass is 16.5. The summed E-state index contributed by atoms with van der Waals surface area (Å²) in [6, 6.07) is 47.3. The molecule has 5 aromatic carbocycles. The Bertz CT molecular complexity index is 3190. The standard InChI is InChI=1S/C26H19N3O2.C24H18N4O2.C2H6.2H2/c30-26(29-17-18-10-11-23-19(15-18)6-4-13-27-23)20-5-3-7-21(16-20)31-25-12-14-28-24-9-2-1-8-22(24)25;29-24(27-16-17-9-12-28-13-11-26-23(28)14-17)18-4-3-5-19(15-18)30-22-8-10-25-21-7-2-1-6-20(21)22;1-2;;/h1-16H,17H2,(H,29,30);1-15H,16H2,(H,27,29);1-2H3;2*1H. The topological polar surface area (TPSA) is 133 Å². The fraction of sp³-hybridized carbons (Fsp3) is 0.0769. The first kappa shape index (κ1) is 41.3. The number of pyridine rings is 4. The van der Waals surface area contributed by atoms with E-state index in [0.29, 0.717) is 47.2 Å². The Labute approximate surface area is 367 Å². The van der Waals surface area contributed by atoms with Gasteiger partial charge in [0, 0.05) is 80.4 Å². The number of aromatic nitrogens is 5. The van der Waals surface area contributed by atoms with Gasteiger partial charge >= 0.3 is 0 Å². The van der Waals surface area contributed by atoms with Crippen molar-refractivity contribution < 1.29 is 21.9 Å². The average Bonchev–Trinajstić information content (AvgIpc) is 3.82. The van der Waals surface area contributed by atoms with Gasteiger partial charge in [0.2, 0.25) is 0 Å². The number of fused-ring (bicyclic) bond motifs is 4. The first-order valence-corrected chi connectivity index (χ1v) is 20.6. The number of nitrogens with one attached hydrogen (secondary N) is 2. The molecule has 10 aromatic rings. The van der Waals surface area contributed by atoms with Gasteiger partial charge in [-0.2, -0.15) is 0 Å². The lowest BCUT2D eigenvalue weighted by atomic mass is 10.1. The van der Waals surface area contributed by atoms with Crippen LogP contribution in [0.15, 0.2) is 189 Å². The molecule has 0 spiro atoms. The zero-order chi connectivity index (χ0) is 43.4. The number of ether oxygens (including phenoxy) is 2. The van der Waals surface area contributed by atoms with Crippen molar-refractivity contribution in [1.29, 1.82) is 0 Å². The summed E-state index contributed by atoms with van der Waals surface area (Å²) in [5, 5.41) is 8.82. The number of para-hydroxylation sites is 2. The third-order valence-corrected chi connectivity index (χ3v) is 9.90. The molecule has 0 radical (unpaired) electrons. The minimum absolute atomic E-state index is 0. The lowest BCUT2D eigenvalue weighted by Gasteiger charge is -2.10. The maximum absolute atomic E-state index is 12.7. The average molecular weight is 834 g/mol. The molecular formula is C52H47N7O4. The summed E-state index contributed by atoms with van der Waals surface area (Å²) >= 11 is 0. The van der Waals surface area contributed by atoms with E-state index in [2.05, 4.69) is 30.6 Å². The lowest BCUT2D eigenvalue weighted by molar-refractivity contribution is 0.0942. The van der Waals surface area contributed by atoms with Gasteiger partial charge in [-0.1, -0.05) is 62.4 Å². The van der Waals surface area contributed by atoms with Crippen LogP contribution in [0.1, 0.15) is 48.5 Å². The highest BCUT2D eigenvalue weighted by molar-refractivity contribution is 5.95. The summed E-state index contributed by atoms with van der Waals surface area (Å²) in [7, 11) is 0. The zero-order valence-corrected chi connectivity index (χ0v) is 34.7. The predicted molar refractivity (Wildman–Crippen MR) is 251 cm³/mol. The van der Waals surface area contributed by atoms with Crippen molar-refractivity contribution in [3.8, 4) is 23.0 Å². The smallest absolute Gasteiger partial charge is 0.251 e. The summed E-state index contributed by atoms with van der Waals surface area (Å²) in [6.45, 7) is 4.85. The van der Waals surface area contributed by atoms with Gasteiger partial charge < -0.3 is 24.5 Å². The van der Waals surface area contributed by atoms with E-state index in [0.717, 1.165) is 49.5 Å². The van der Waals surface area contributed by atoms with Crippen LogP contribution < -0.4 is 20.1 Å². The van der Waals surface area contributed by atoms with Crippen LogP contribution in [0.3, 0.4) is 0 Å². The molecule has 0 atom stereocenters. The fourth-order valence-corrected chi connectivity index (χ4v) is 6.84. The van der Waals surface area contributed by atoms with Gasteiger partial charge in [0.15, 0.2) is 0 Å². The van der Waals surface area contributed by atoms with E-state index in [1.165, 1.54) is 0 Å². The van der Waals surface area contributed by atoms with E-state index >= 15 is 0 Å². The van der Waals surface area contributed by atoms with Crippen molar-refractivity contribution in [3.05, 3.63) is 211 Å². The van der Waals surface area contributed by atoms with Gasteiger partial charge in [0.25, 0.3) is 11.8 Å². The number of carbonyl (C=O) groups excluding carboxylic acids is 2. The Morgan fingerprint density at radius 3 is 1.70 bits per heavy atom. The van der Waals surface area contributed by atoms with Crippen LogP contribution in [0, 0.1) is 0 Å². The second kappa shape index (κ2) is 19.7. The van der Waals surface area contributed by atoms with Crippen LogP contribution >= 0.6 is 0 Å². The summed E-state index contributed by atoms with van der Waals surface area (Å²) < 4.78 is 14.0. The van der Waals surface area contributed by atoms with Crippen LogP contribution in [0.2, 0.25) is 0 Å². The summed E-state index contributed by atoms with van der Waals surface area (Å²) in [5.41, 5.74) is 6.58. The largest absolute Gasteiger partial charge is 0.457 e. The quantitative estimate of drug-likeness (QED) is 0.139. The van der Waals surface area contributed by atoms with Gasteiger partial charge in [-0.15, -0.1) is 0 Å². The Kier molecular flexibility index (Phi) is 12.9. The number of amides is 2. The highest BCUT2D eigenvalue weighted by Gasteiger charge is 2.11. The number of imidazole rings is 1. The number of hydrogen-bond acceptors (Lipinski definition) is 8. The molecule has 2 amide bonds. The maximum Gasteiger partial charge on any atom is 0.251 e. The second-order valence-electron chi connectivity index (χ2n) is 14.0. The monoisotopic (exact) mass is 833 g/mol. The van der Waals surface area contributed by atoms with Crippen molar-refractivity contribution in [2.75, 3.05) is 0 Å². The molecule has 314 valence electrons. The molecule has 0 aliphatic heterocycles. The molecular weight excluding hydrogens is 787 g/mol. The molecule has 5 aromatic heterocycles. The Morgan fingerprint density at radius 1 is 0.508 bits per heavy atom. The van der Waals surface area contributed by atoms with Crippen LogP contribution in [0.25, 0.3) is 38.4 Å². The first-order valence-electron chi connectivity index (χ1n) is 20.6. The fourth-order valence-electron chi connectivity index (χ4n) is 6.84. The summed E-state index contributed by atoms with van der Waals surface area (Å²) in [6.07, 6.45) is 10.8. The highest BCUT2D eigenvalue weighted by Crippen LogP contribution is 2.30. The van der Waals surface area contributed by atoms with Gasteiger partial charge in [-0.05, 0) is 114 Å². The van der Waals surface area contributed by atoms with Crippen LogP contribution in [0.4, 0.5) is 0 Å². The van der Waals surface area contributed by atoms with E-state index in [4.69, 9.17) is 9.47 Å².